The third kappa shape index (κ3) is 2.98. The van der Waals surface area contributed by atoms with E-state index in [0.717, 1.165) is 0 Å². The average Bonchev–Trinajstić information content (AvgIpc) is 3.18. The zero-order chi connectivity index (χ0) is 14.8. The van der Waals surface area contributed by atoms with E-state index >= 15 is 0 Å². The van der Waals surface area contributed by atoms with Crippen LogP contribution < -0.4 is 5.32 Å². The molecule has 2 N–H and O–H groups in total. The first-order valence-electron chi connectivity index (χ1n) is 6.05. The monoisotopic (exact) mass is 339 g/mol. The number of hydrogen-bond acceptors (Lipinski definition) is 4. The molecule has 6 heteroatoms. The van der Waals surface area contributed by atoms with Crippen LogP contribution in [0.3, 0.4) is 0 Å². The highest BCUT2D eigenvalue weighted by molar-refractivity contribution is 9.11. The molecule has 1 aliphatic carbocycles. The van der Waals surface area contributed by atoms with Gasteiger partial charge in [0, 0.05) is 6.08 Å². The van der Waals surface area contributed by atoms with Crippen molar-refractivity contribution in [1.82, 2.24) is 5.32 Å². The zero-order valence-electron chi connectivity index (χ0n) is 10.7. The minimum Gasteiger partial charge on any atom is -0.379 e. The maximum absolute atomic E-state index is 11.9. The van der Waals surface area contributed by atoms with Gasteiger partial charge in [-0.2, -0.15) is 0 Å². The minimum atomic E-state index is -1.39. The van der Waals surface area contributed by atoms with Gasteiger partial charge in [0.05, 0.1) is 5.70 Å². The largest absolute Gasteiger partial charge is 0.379 e. The number of allylic oxidation sites excluding steroid dienone is 3. The van der Waals surface area contributed by atoms with Gasteiger partial charge in [-0.25, -0.2) is 0 Å². The number of hydrogen-bond donors (Lipinski definition) is 2. The van der Waals surface area contributed by atoms with E-state index in [1.165, 1.54) is 23.2 Å². The van der Waals surface area contributed by atoms with Crippen LogP contribution in [0.4, 0.5) is 0 Å². The summed E-state index contributed by atoms with van der Waals surface area (Å²) in [6.07, 6.45) is 7.83. The summed E-state index contributed by atoms with van der Waals surface area (Å²) in [5.74, 6) is -0.762. The molecule has 0 bridgehead atoms. The van der Waals surface area contributed by atoms with Crippen LogP contribution in [0.2, 0.25) is 0 Å². The number of rotatable bonds is 4. The Kier molecular flexibility index (Phi) is 4.37. The minimum absolute atomic E-state index is 0.0481. The first-order chi connectivity index (χ1) is 9.51. The summed E-state index contributed by atoms with van der Waals surface area (Å²) in [5.41, 5.74) is -1.34. The Bertz CT molecular complexity index is 549. The first-order valence-corrected chi connectivity index (χ1v) is 6.96. The summed E-state index contributed by atoms with van der Waals surface area (Å²) < 4.78 is 5.16. The Hall–Kier alpha value is -1.50. The summed E-state index contributed by atoms with van der Waals surface area (Å²) in [6, 6.07) is 0. The summed E-state index contributed by atoms with van der Waals surface area (Å²) in [4.78, 5) is 25.1. The lowest BCUT2D eigenvalue weighted by atomic mass is 9.88. The molecule has 1 heterocycles. The summed E-state index contributed by atoms with van der Waals surface area (Å²) in [5, 5.41) is 12.8. The van der Waals surface area contributed by atoms with Gasteiger partial charge < -0.3 is 15.2 Å². The van der Waals surface area contributed by atoms with Gasteiger partial charge in [-0.3, -0.25) is 9.59 Å². The second kappa shape index (κ2) is 5.87. The Balaban J connectivity index is 2.15. The van der Waals surface area contributed by atoms with Crippen LogP contribution in [0, 0.1) is 0 Å². The fourth-order valence-electron chi connectivity index (χ4n) is 1.97. The van der Waals surface area contributed by atoms with Gasteiger partial charge in [-0.1, -0.05) is 34.2 Å². The number of epoxide rings is 1. The average molecular weight is 340 g/mol. The SMILES string of the molecule is C/C=C/C=C/C(=O)NC1=C[C@](O)(/C=C/Br)[C@H]2O[C@H]2C1=O. The number of ketones is 1. The number of Topliss-reactive ketones (excluding diaryl/α,β-unsaturated/α-hetero) is 1. The quantitative estimate of drug-likeness (QED) is 0.457. The van der Waals surface area contributed by atoms with Crippen LogP contribution in [0.5, 0.6) is 0 Å². The van der Waals surface area contributed by atoms with Crippen LogP contribution in [-0.4, -0.2) is 34.6 Å². The van der Waals surface area contributed by atoms with Crippen molar-refractivity contribution < 1.29 is 19.4 Å². The van der Waals surface area contributed by atoms with E-state index in [1.807, 2.05) is 6.92 Å². The molecule has 1 aliphatic heterocycles. The molecular weight excluding hydrogens is 326 g/mol. The van der Waals surface area contributed by atoms with Gasteiger partial charge in [-0.05, 0) is 24.1 Å². The predicted octanol–water partition coefficient (Wildman–Crippen LogP) is 1.11. The van der Waals surface area contributed by atoms with Crippen molar-refractivity contribution in [1.29, 1.82) is 0 Å². The predicted molar refractivity (Wildman–Crippen MR) is 76.9 cm³/mol. The van der Waals surface area contributed by atoms with Crippen molar-refractivity contribution in [3.63, 3.8) is 0 Å². The molecule has 0 saturated carbocycles. The number of ether oxygens (including phenoxy) is 1. The second-order valence-corrected chi connectivity index (χ2v) is 4.98. The first kappa shape index (κ1) is 14.9. The Morgan fingerprint density at radius 1 is 1.55 bits per heavy atom. The number of carbonyl (C=O) groups excluding carboxylic acids is 2. The van der Waals surface area contributed by atoms with Crippen molar-refractivity contribution >= 4 is 27.6 Å². The van der Waals surface area contributed by atoms with Gasteiger partial charge in [0.25, 0.3) is 0 Å². The molecule has 0 unspecified atom stereocenters. The second-order valence-electron chi connectivity index (χ2n) is 4.45. The van der Waals surface area contributed by atoms with Crippen molar-refractivity contribution in [2.45, 2.75) is 24.7 Å². The van der Waals surface area contributed by atoms with Crippen LogP contribution in [0.1, 0.15) is 6.92 Å². The number of amides is 1. The number of halogens is 1. The standard InChI is InChI=1S/C14H14BrNO4/c1-2-3-4-5-10(17)16-9-8-14(19,6-7-15)13-12(20-13)11(9)18/h2-8,12-13,19H,1H3,(H,16,17)/b3-2+,5-4+,7-6+/t12-,13-,14+/m0/s1. The summed E-state index contributed by atoms with van der Waals surface area (Å²) in [7, 11) is 0. The molecular formula is C14H14BrNO4. The number of fused-ring (bicyclic) bond motifs is 1. The van der Waals surface area contributed by atoms with E-state index in [1.54, 1.807) is 18.2 Å². The third-order valence-corrected chi connectivity index (χ3v) is 3.25. The molecule has 0 radical (unpaired) electrons. The number of carbonyl (C=O) groups is 2. The van der Waals surface area contributed by atoms with Gasteiger partial charge in [0.2, 0.25) is 11.7 Å². The molecule has 3 atom stereocenters. The Labute approximate surface area is 124 Å². The van der Waals surface area contributed by atoms with Crippen LogP contribution in [-0.2, 0) is 14.3 Å². The summed E-state index contributed by atoms with van der Waals surface area (Å²) >= 11 is 3.08. The van der Waals surface area contributed by atoms with Gasteiger partial charge in [0.1, 0.15) is 11.7 Å². The lowest BCUT2D eigenvalue weighted by Crippen LogP contribution is -2.42. The smallest absolute Gasteiger partial charge is 0.248 e. The molecule has 0 aromatic carbocycles. The van der Waals surface area contributed by atoms with Gasteiger partial charge in [0.15, 0.2) is 6.10 Å². The lowest BCUT2D eigenvalue weighted by Gasteiger charge is -2.23. The Morgan fingerprint density at radius 3 is 2.95 bits per heavy atom. The van der Waals surface area contributed by atoms with Crippen molar-refractivity contribution in [2.75, 3.05) is 0 Å². The van der Waals surface area contributed by atoms with E-state index in [4.69, 9.17) is 4.74 Å². The highest BCUT2D eigenvalue weighted by Gasteiger charge is 2.59. The van der Waals surface area contributed by atoms with Crippen molar-refractivity contribution in [3.05, 3.63) is 47.1 Å². The fourth-order valence-corrected chi connectivity index (χ4v) is 2.39. The molecule has 2 aliphatic rings. The van der Waals surface area contributed by atoms with E-state index in [-0.39, 0.29) is 11.5 Å². The van der Waals surface area contributed by atoms with Crippen LogP contribution in [0.15, 0.2) is 47.1 Å². The molecule has 0 aromatic rings. The molecule has 20 heavy (non-hydrogen) atoms. The van der Waals surface area contributed by atoms with E-state index in [0.29, 0.717) is 0 Å². The zero-order valence-corrected chi connectivity index (χ0v) is 12.3. The highest BCUT2D eigenvalue weighted by Crippen LogP contribution is 2.40. The van der Waals surface area contributed by atoms with E-state index in [2.05, 4.69) is 21.2 Å². The number of nitrogens with one attached hydrogen (secondary N) is 1. The van der Waals surface area contributed by atoms with Gasteiger partial charge in [-0.15, -0.1) is 0 Å². The molecule has 2 rings (SSSR count). The maximum Gasteiger partial charge on any atom is 0.248 e. The van der Waals surface area contributed by atoms with Gasteiger partial charge >= 0.3 is 0 Å². The van der Waals surface area contributed by atoms with Crippen LogP contribution >= 0.6 is 15.9 Å². The normalized spacial score (nSPS) is 32.8. The molecule has 0 aromatic heterocycles. The Morgan fingerprint density at radius 2 is 2.30 bits per heavy atom. The molecule has 1 fully saturated rings. The molecule has 1 saturated heterocycles. The summed E-state index contributed by atoms with van der Waals surface area (Å²) in [6.45, 7) is 1.83. The van der Waals surface area contributed by atoms with E-state index < -0.39 is 23.7 Å². The topological polar surface area (TPSA) is 78.9 Å². The maximum atomic E-state index is 11.9. The highest BCUT2D eigenvalue weighted by atomic mass is 79.9. The molecule has 0 spiro atoms. The molecule has 1 amide bonds. The van der Waals surface area contributed by atoms with E-state index in [9.17, 15) is 14.7 Å². The number of aliphatic hydroxyl groups is 1. The molecule has 106 valence electrons. The fraction of sp³-hybridized carbons (Fsp3) is 0.286. The van der Waals surface area contributed by atoms with Crippen LogP contribution in [0.25, 0.3) is 0 Å². The lowest BCUT2D eigenvalue weighted by molar-refractivity contribution is -0.121. The van der Waals surface area contributed by atoms with Crippen molar-refractivity contribution in [3.8, 4) is 0 Å². The molecule has 5 nitrogen and oxygen atoms in total. The van der Waals surface area contributed by atoms with Crippen molar-refractivity contribution in [2.24, 2.45) is 0 Å². The third-order valence-electron chi connectivity index (χ3n) is 2.99.